The van der Waals surface area contributed by atoms with Crippen molar-refractivity contribution in [3.05, 3.63) is 30.3 Å². The Labute approximate surface area is 127 Å². The van der Waals surface area contributed by atoms with Gasteiger partial charge >= 0.3 is 0 Å². The SMILES string of the molecule is CC(C)CC(=O)N1CCC(O)(CNc2ccccc2)CC1. The lowest BCUT2D eigenvalue weighted by Gasteiger charge is -2.38. The summed E-state index contributed by atoms with van der Waals surface area (Å²) in [5.41, 5.74) is 0.300. The molecule has 1 heterocycles. The molecule has 1 aromatic rings. The first-order chi connectivity index (χ1) is 9.98. The second-order valence-electron chi connectivity index (χ2n) is 6.42. The van der Waals surface area contributed by atoms with Crippen LogP contribution in [0.5, 0.6) is 0 Å². The Morgan fingerprint density at radius 1 is 1.29 bits per heavy atom. The third-order valence-electron chi connectivity index (χ3n) is 4.03. The van der Waals surface area contributed by atoms with Gasteiger partial charge < -0.3 is 15.3 Å². The van der Waals surface area contributed by atoms with Gasteiger partial charge in [0, 0.05) is 31.7 Å². The molecular formula is C17H26N2O2. The monoisotopic (exact) mass is 290 g/mol. The zero-order valence-corrected chi connectivity index (χ0v) is 13.0. The Morgan fingerprint density at radius 2 is 1.90 bits per heavy atom. The minimum absolute atomic E-state index is 0.211. The van der Waals surface area contributed by atoms with E-state index in [9.17, 15) is 9.90 Å². The van der Waals surface area contributed by atoms with Crippen molar-refractivity contribution in [2.75, 3.05) is 25.0 Å². The first-order valence-electron chi connectivity index (χ1n) is 7.78. The van der Waals surface area contributed by atoms with Crippen molar-refractivity contribution in [3.8, 4) is 0 Å². The van der Waals surface area contributed by atoms with E-state index in [2.05, 4.69) is 19.2 Å². The van der Waals surface area contributed by atoms with Crippen LogP contribution in [0.3, 0.4) is 0 Å². The summed E-state index contributed by atoms with van der Waals surface area (Å²) in [5, 5.41) is 13.9. The number of carbonyl (C=O) groups excluding carboxylic acids is 1. The van der Waals surface area contributed by atoms with Crippen molar-refractivity contribution >= 4 is 11.6 Å². The number of nitrogens with one attached hydrogen (secondary N) is 1. The number of piperidine rings is 1. The molecule has 1 aliphatic heterocycles. The van der Waals surface area contributed by atoms with Gasteiger partial charge in [0.2, 0.25) is 5.91 Å². The molecule has 0 bridgehead atoms. The maximum absolute atomic E-state index is 12.0. The molecule has 0 spiro atoms. The maximum Gasteiger partial charge on any atom is 0.222 e. The molecule has 1 fully saturated rings. The van der Waals surface area contributed by atoms with E-state index in [0.29, 0.717) is 44.8 Å². The van der Waals surface area contributed by atoms with E-state index in [1.54, 1.807) is 0 Å². The lowest BCUT2D eigenvalue weighted by molar-refractivity contribution is -0.135. The fraction of sp³-hybridized carbons (Fsp3) is 0.588. The van der Waals surface area contributed by atoms with Crippen molar-refractivity contribution in [1.82, 2.24) is 4.90 Å². The summed E-state index contributed by atoms with van der Waals surface area (Å²) in [6, 6.07) is 9.90. The number of para-hydroxylation sites is 1. The van der Waals surface area contributed by atoms with Crippen LogP contribution in [0.2, 0.25) is 0 Å². The molecule has 4 heteroatoms. The van der Waals surface area contributed by atoms with E-state index < -0.39 is 5.60 Å². The number of hydrogen-bond donors (Lipinski definition) is 2. The van der Waals surface area contributed by atoms with Gasteiger partial charge in [0.1, 0.15) is 0 Å². The normalized spacial score (nSPS) is 17.8. The van der Waals surface area contributed by atoms with Gasteiger partial charge in [-0.05, 0) is 30.9 Å². The Hall–Kier alpha value is -1.55. The molecule has 0 saturated carbocycles. The van der Waals surface area contributed by atoms with Gasteiger partial charge in [-0.2, -0.15) is 0 Å². The molecule has 0 aromatic heterocycles. The van der Waals surface area contributed by atoms with Crippen LogP contribution in [0.1, 0.15) is 33.1 Å². The van der Waals surface area contributed by atoms with E-state index in [0.717, 1.165) is 5.69 Å². The van der Waals surface area contributed by atoms with Gasteiger partial charge in [-0.25, -0.2) is 0 Å². The highest BCUT2D eigenvalue weighted by molar-refractivity contribution is 5.76. The first kappa shape index (κ1) is 15.8. The highest BCUT2D eigenvalue weighted by atomic mass is 16.3. The van der Waals surface area contributed by atoms with Gasteiger partial charge in [0.05, 0.1) is 5.60 Å². The van der Waals surface area contributed by atoms with Gasteiger partial charge in [-0.3, -0.25) is 4.79 Å². The number of nitrogens with zero attached hydrogens (tertiary/aromatic N) is 1. The van der Waals surface area contributed by atoms with Crippen LogP contribution < -0.4 is 5.32 Å². The van der Waals surface area contributed by atoms with Crippen LogP contribution in [-0.4, -0.2) is 41.1 Å². The molecule has 2 N–H and O–H groups in total. The quantitative estimate of drug-likeness (QED) is 0.876. The second-order valence-corrected chi connectivity index (χ2v) is 6.42. The van der Waals surface area contributed by atoms with Crippen LogP contribution in [0.15, 0.2) is 30.3 Å². The van der Waals surface area contributed by atoms with Crippen molar-refractivity contribution < 1.29 is 9.90 Å². The Morgan fingerprint density at radius 3 is 2.48 bits per heavy atom. The van der Waals surface area contributed by atoms with Crippen LogP contribution in [0.25, 0.3) is 0 Å². The number of anilines is 1. The molecule has 0 unspecified atom stereocenters. The molecule has 1 aliphatic rings. The largest absolute Gasteiger partial charge is 0.388 e. The topological polar surface area (TPSA) is 52.6 Å². The maximum atomic E-state index is 12.0. The van der Waals surface area contributed by atoms with Crippen LogP contribution in [0, 0.1) is 5.92 Å². The van der Waals surface area contributed by atoms with E-state index in [4.69, 9.17) is 0 Å². The minimum atomic E-state index is -0.718. The molecule has 4 nitrogen and oxygen atoms in total. The van der Waals surface area contributed by atoms with Crippen molar-refractivity contribution in [3.63, 3.8) is 0 Å². The van der Waals surface area contributed by atoms with E-state index in [1.807, 2.05) is 35.2 Å². The number of hydrogen-bond acceptors (Lipinski definition) is 3. The number of aliphatic hydroxyl groups is 1. The summed E-state index contributed by atoms with van der Waals surface area (Å²) in [5.74, 6) is 0.598. The molecule has 0 aliphatic carbocycles. The van der Waals surface area contributed by atoms with Crippen LogP contribution in [0.4, 0.5) is 5.69 Å². The number of benzene rings is 1. The molecule has 21 heavy (non-hydrogen) atoms. The second kappa shape index (κ2) is 6.94. The summed E-state index contributed by atoms with van der Waals surface area (Å²) in [7, 11) is 0. The molecule has 0 atom stereocenters. The average molecular weight is 290 g/mol. The third-order valence-corrected chi connectivity index (χ3v) is 4.03. The molecule has 116 valence electrons. The number of carbonyl (C=O) groups is 1. The average Bonchev–Trinajstić information content (AvgIpc) is 2.46. The molecule has 1 saturated heterocycles. The molecular weight excluding hydrogens is 264 g/mol. The molecule has 0 radical (unpaired) electrons. The zero-order valence-electron chi connectivity index (χ0n) is 13.0. The minimum Gasteiger partial charge on any atom is -0.388 e. The van der Waals surface area contributed by atoms with Gasteiger partial charge in [0.25, 0.3) is 0 Å². The Balaban J connectivity index is 1.80. The predicted molar refractivity (Wildman–Crippen MR) is 85.2 cm³/mol. The summed E-state index contributed by atoms with van der Waals surface area (Å²) in [6.45, 7) is 5.95. The summed E-state index contributed by atoms with van der Waals surface area (Å²) < 4.78 is 0. The summed E-state index contributed by atoms with van der Waals surface area (Å²) in [4.78, 5) is 13.9. The van der Waals surface area contributed by atoms with Gasteiger partial charge in [0.15, 0.2) is 0 Å². The Kier molecular flexibility index (Phi) is 5.23. The standard InChI is InChI=1S/C17H26N2O2/c1-14(2)12-16(20)19-10-8-17(21,9-11-19)13-18-15-6-4-3-5-7-15/h3-7,14,18,21H,8-13H2,1-2H3. The highest BCUT2D eigenvalue weighted by Gasteiger charge is 2.33. The van der Waals surface area contributed by atoms with Crippen LogP contribution in [-0.2, 0) is 4.79 Å². The molecule has 2 rings (SSSR count). The van der Waals surface area contributed by atoms with Gasteiger partial charge in [-0.1, -0.05) is 32.0 Å². The summed E-state index contributed by atoms with van der Waals surface area (Å²) >= 11 is 0. The highest BCUT2D eigenvalue weighted by Crippen LogP contribution is 2.24. The fourth-order valence-corrected chi connectivity index (χ4v) is 2.65. The van der Waals surface area contributed by atoms with Crippen LogP contribution >= 0.6 is 0 Å². The third kappa shape index (κ3) is 4.74. The zero-order chi connectivity index (χ0) is 15.3. The first-order valence-corrected chi connectivity index (χ1v) is 7.78. The number of amides is 1. The lowest BCUT2D eigenvalue weighted by Crippen LogP contribution is -2.50. The number of rotatable bonds is 5. The van der Waals surface area contributed by atoms with E-state index in [-0.39, 0.29) is 5.91 Å². The van der Waals surface area contributed by atoms with E-state index in [1.165, 1.54) is 0 Å². The fourth-order valence-electron chi connectivity index (χ4n) is 2.65. The van der Waals surface area contributed by atoms with Crippen molar-refractivity contribution in [2.24, 2.45) is 5.92 Å². The van der Waals surface area contributed by atoms with Crippen molar-refractivity contribution in [1.29, 1.82) is 0 Å². The van der Waals surface area contributed by atoms with Crippen molar-refractivity contribution in [2.45, 2.75) is 38.7 Å². The summed E-state index contributed by atoms with van der Waals surface area (Å²) in [6.07, 6.45) is 1.87. The van der Waals surface area contributed by atoms with E-state index >= 15 is 0 Å². The molecule has 1 amide bonds. The predicted octanol–water partition coefficient (Wildman–Crippen LogP) is 2.50. The number of likely N-dealkylation sites (tertiary alicyclic amines) is 1. The smallest absolute Gasteiger partial charge is 0.222 e. The van der Waals surface area contributed by atoms with Gasteiger partial charge in [-0.15, -0.1) is 0 Å². The Bertz CT molecular complexity index is 451. The lowest BCUT2D eigenvalue weighted by atomic mass is 9.91. The molecule has 1 aromatic carbocycles.